The molecule has 0 aromatic rings. The maximum absolute atomic E-state index is 6.44. The van der Waals surface area contributed by atoms with Crippen LogP contribution in [0.1, 0.15) is 46.5 Å². The van der Waals surface area contributed by atoms with Gasteiger partial charge in [0.05, 0.1) is 11.7 Å². The third-order valence-electron chi connectivity index (χ3n) is 6.40. The zero-order valence-corrected chi connectivity index (χ0v) is 13.0. The van der Waals surface area contributed by atoms with Gasteiger partial charge in [0.15, 0.2) is 0 Å². The Morgan fingerprint density at radius 1 is 1.21 bits per heavy atom. The van der Waals surface area contributed by atoms with E-state index < -0.39 is 0 Å². The Hall–Kier alpha value is 0.235. The van der Waals surface area contributed by atoms with E-state index in [1.807, 2.05) is 0 Å². The Labute approximate surface area is 122 Å². The lowest BCUT2D eigenvalue weighted by molar-refractivity contribution is -0.199. The highest BCUT2D eigenvalue weighted by Gasteiger charge is 2.68. The Morgan fingerprint density at radius 2 is 2.00 bits per heavy atom. The second-order valence-corrected chi connectivity index (χ2v) is 7.54. The highest BCUT2D eigenvalue weighted by molar-refractivity contribution is 6.47. The van der Waals surface area contributed by atoms with E-state index in [2.05, 4.69) is 26.1 Å². The molecule has 5 fully saturated rings. The molecule has 2 heterocycles. The number of hydrogen-bond donors (Lipinski definition) is 1. The topological polar surface area (TPSA) is 30.5 Å². The number of rotatable bonds is 1. The van der Waals surface area contributed by atoms with Gasteiger partial charge >= 0.3 is 7.12 Å². The lowest BCUT2D eigenvalue weighted by Gasteiger charge is -2.64. The molecule has 1 N–H and O–H groups in total. The van der Waals surface area contributed by atoms with Crippen LogP contribution in [0.5, 0.6) is 0 Å². The molecule has 2 bridgehead atoms. The van der Waals surface area contributed by atoms with Crippen LogP contribution in [0.3, 0.4) is 0 Å². The van der Waals surface area contributed by atoms with Crippen molar-refractivity contribution in [2.45, 2.75) is 64.1 Å². The molecule has 0 aromatic heterocycles. The number of nitrogens with one attached hydrogen (secondary N) is 1. The van der Waals surface area contributed by atoms with E-state index in [0.29, 0.717) is 23.4 Å². The van der Waals surface area contributed by atoms with Crippen molar-refractivity contribution >= 4 is 19.5 Å². The predicted octanol–water partition coefficient (Wildman–Crippen LogP) is 2.43. The summed E-state index contributed by atoms with van der Waals surface area (Å²) in [6.45, 7) is 8.25. The summed E-state index contributed by atoms with van der Waals surface area (Å²) in [4.78, 5) is 0. The number of halogens is 1. The molecule has 2 unspecified atom stereocenters. The van der Waals surface area contributed by atoms with E-state index in [-0.39, 0.29) is 25.1 Å². The highest BCUT2D eigenvalue weighted by Crippen LogP contribution is 2.65. The summed E-state index contributed by atoms with van der Waals surface area (Å²) in [6.07, 6.45) is 5.33. The molecular weight excluding hydrogens is 260 g/mol. The third kappa shape index (κ3) is 1.76. The molecule has 5 heteroatoms. The van der Waals surface area contributed by atoms with Crippen LogP contribution in [-0.2, 0) is 9.31 Å². The van der Waals surface area contributed by atoms with E-state index in [1.165, 1.54) is 25.7 Å². The summed E-state index contributed by atoms with van der Waals surface area (Å²) in [5.41, 5.74) is 0.416. The van der Waals surface area contributed by atoms with Crippen molar-refractivity contribution in [3.63, 3.8) is 0 Å². The van der Waals surface area contributed by atoms with Gasteiger partial charge in [-0.15, -0.1) is 12.4 Å². The van der Waals surface area contributed by atoms with Crippen molar-refractivity contribution in [1.82, 2.24) is 5.32 Å². The molecule has 5 aliphatic rings. The monoisotopic (exact) mass is 285 g/mol. The van der Waals surface area contributed by atoms with Gasteiger partial charge in [0.25, 0.3) is 0 Å². The quantitative estimate of drug-likeness (QED) is 0.751. The first kappa shape index (κ1) is 14.2. The van der Waals surface area contributed by atoms with Crippen molar-refractivity contribution in [3.8, 4) is 0 Å². The van der Waals surface area contributed by atoms with Gasteiger partial charge in [0, 0.05) is 5.94 Å². The molecule has 3 nitrogen and oxygen atoms in total. The SMILES string of the molecule is CC1(C)[C@@H]2CC3OB(C4CCCN4)O[C@@]3(C)[C@H]1C2.Cl. The van der Waals surface area contributed by atoms with Gasteiger partial charge in [-0.25, -0.2) is 0 Å². The second kappa shape index (κ2) is 4.36. The molecule has 5 rings (SSSR count). The van der Waals surface area contributed by atoms with Crippen LogP contribution in [0, 0.1) is 17.3 Å². The van der Waals surface area contributed by atoms with Crippen molar-refractivity contribution < 1.29 is 9.31 Å². The Balaban J connectivity index is 0.00000110. The first-order valence-electron chi connectivity index (χ1n) is 7.58. The zero-order valence-electron chi connectivity index (χ0n) is 12.1. The van der Waals surface area contributed by atoms with E-state index in [4.69, 9.17) is 9.31 Å². The first-order valence-corrected chi connectivity index (χ1v) is 7.58. The van der Waals surface area contributed by atoms with Crippen LogP contribution in [0.25, 0.3) is 0 Å². The molecule has 19 heavy (non-hydrogen) atoms. The molecule has 0 amide bonds. The molecule has 2 aliphatic heterocycles. The summed E-state index contributed by atoms with van der Waals surface area (Å²) < 4.78 is 12.7. The van der Waals surface area contributed by atoms with Gasteiger partial charge in [-0.3, -0.25) is 0 Å². The van der Waals surface area contributed by atoms with Gasteiger partial charge in [-0.1, -0.05) is 13.8 Å². The fraction of sp³-hybridized carbons (Fsp3) is 1.00. The molecule has 0 aromatic carbocycles. The number of hydrogen-bond acceptors (Lipinski definition) is 3. The van der Waals surface area contributed by atoms with Crippen LogP contribution in [0.15, 0.2) is 0 Å². The minimum Gasteiger partial charge on any atom is -0.404 e. The molecular formula is C14H25BClNO2. The molecule has 0 spiro atoms. The van der Waals surface area contributed by atoms with Crippen LogP contribution in [0.4, 0.5) is 0 Å². The Bertz CT molecular complexity index is 374. The molecule has 3 aliphatic carbocycles. The smallest absolute Gasteiger partial charge is 0.404 e. The lowest BCUT2D eigenvalue weighted by atomic mass is 9.43. The van der Waals surface area contributed by atoms with Gasteiger partial charge in [0.1, 0.15) is 0 Å². The maximum Gasteiger partial charge on any atom is 0.475 e. The summed E-state index contributed by atoms with van der Waals surface area (Å²) in [5.74, 6) is 1.95. The molecule has 3 saturated carbocycles. The largest absolute Gasteiger partial charge is 0.475 e. The molecule has 5 atom stereocenters. The van der Waals surface area contributed by atoms with Crippen LogP contribution >= 0.6 is 12.4 Å². The van der Waals surface area contributed by atoms with E-state index >= 15 is 0 Å². The minimum atomic E-state index is -0.0345. The summed E-state index contributed by atoms with van der Waals surface area (Å²) in [7, 11) is -0.00218. The van der Waals surface area contributed by atoms with Gasteiger partial charge in [-0.05, 0) is 56.4 Å². The minimum absolute atomic E-state index is 0. The van der Waals surface area contributed by atoms with Crippen molar-refractivity contribution in [2.24, 2.45) is 17.3 Å². The average Bonchev–Trinajstić information content (AvgIpc) is 2.92. The Morgan fingerprint density at radius 3 is 2.63 bits per heavy atom. The van der Waals surface area contributed by atoms with Gasteiger partial charge in [0.2, 0.25) is 0 Å². The van der Waals surface area contributed by atoms with Crippen LogP contribution in [-0.4, -0.2) is 31.3 Å². The highest BCUT2D eigenvalue weighted by atomic mass is 35.5. The van der Waals surface area contributed by atoms with Crippen molar-refractivity contribution in [1.29, 1.82) is 0 Å². The first-order chi connectivity index (χ1) is 8.52. The fourth-order valence-corrected chi connectivity index (χ4v) is 5.01. The van der Waals surface area contributed by atoms with Crippen LogP contribution in [0.2, 0.25) is 0 Å². The standard InChI is InChI=1S/C14H24BNO2.ClH/c1-13(2)9-7-10(13)14(3)11(8-9)17-15(18-14)12-5-4-6-16-12;/h9-12,16H,4-8H2,1-3H3;1H/t9-,10-,11?,12?,14-;/m0./s1. The van der Waals surface area contributed by atoms with Crippen molar-refractivity contribution in [2.75, 3.05) is 6.54 Å². The predicted molar refractivity (Wildman–Crippen MR) is 78.4 cm³/mol. The second-order valence-electron chi connectivity index (χ2n) is 7.54. The van der Waals surface area contributed by atoms with Crippen LogP contribution < -0.4 is 5.32 Å². The van der Waals surface area contributed by atoms with Gasteiger partial charge < -0.3 is 14.6 Å². The maximum atomic E-state index is 6.44. The Kier molecular flexibility index (Phi) is 3.26. The molecule has 0 radical (unpaired) electrons. The third-order valence-corrected chi connectivity index (χ3v) is 6.40. The summed E-state index contributed by atoms with van der Waals surface area (Å²) in [6, 6.07) is 0. The molecule has 2 saturated heterocycles. The van der Waals surface area contributed by atoms with Crippen molar-refractivity contribution in [3.05, 3.63) is 0 Å². The fourth-order valence-electron chi connectivity index (χ4n) is 5.01. The van der Waals surface area contributed by atoms with E-state index in [1.54, 1.807) is 0 Å². The van der Waals surface area contributed by atoms with E-state index in [9.17, 15) is 0 Å². The van der Waals surface area contributed by atoms with E-state index in [0.717, 1.165) is 12.5 Å². The average molecular weight is 286 g/mol. The zero-order chi connectivity index (χ0) is 12.5. The normalized spacial score (nSPS) is 50.4. The summed E-state index contributed by atoms with van der Waals surface area (Å²) in [5, 5.41) is 3.52. The lowest BCUT2D eigenvalue weighted by Crippen LogP contribution is -2.65. The van der Waals surface area contributed by atoms with Gasteiger partial charge in [-0.2, -0.15) is 0 Å². The molecule has 108 valence electrons. The summed E-state index contributed by atoms with van der Waals surface area (Å²) >= 11 is 0.